The van der Waals surface area contributed by atoms with Gasteiger partial charge in [0, 0.05) is 44.9 Å². The molecule has 1 aliphatic rings. The molecule has 1 atom stereocenters. The number of methoxy groups -OCH3 is 1. The normalized spacial score (nSPS) is 17.0. The number of hydrogen-bond acceptors (Lipinski definition) is 4. The molecule has 4 rings (SSSR count). The van der Waals surface area contributed by atoms with Gasteiger partial charge in [0.25, 0.3) is 0 Å². The Morgan fingerprint density at radius 3 is 2.55 bits per heavy atom. The van der Waals surface area contributed by atoms with Gasteiger partial charge < -0.3 is 14.5 Å². The van der Waals surface area contributed by atoms with Crippen LogP contribution in [0.15, 0.2) is 42.5 Å². The number of piperidine rings is 1. The summed E-state index contributed by atoms with van der Waals surface area (Å²) in [6.45, 7) is 3.40. The molecule has 1 aromatic heterocycles. The predicted molar refractivity (Wildman–Crippen MR) is 134 cm³/mol. The van der Waals surface area contributed by atoms with E-state index in [-0.39, 0.29) is 6.10 Å². The van der Waals surface area contributed by atoms with Gasteiger partial charge in [0.15, 0.2) is 0 Å². The highest BCUT2D eigenvalue weighted by molar-refractivity contribution is 7.19. The number of fused-ring (bicyclic) bond motifs is 1. The van der Waals surface area contributed by atoms with E-state index < -0.39 is 0 Å². The smallest absolute Gasteiger partial charge is 0.118 e. The standard InChI is InChI=1S/C25H30Cl2N2OS/c1-28(2)18-10-13-29(14-11-18)15-12-20-19-6-4-5-7-23(19)31-25(20)24(30-3)21-9-8-17(26)16-22(21)27/h4-9,16,18,24H,10-15H2,1-3H3. The van der Waals surface area contributed by atoms with Gasteiger partial charge in [-0.2, -0.15) is 0 Å². The van der Waals surface area contributed by atoms with Crippen LogP contribution in [0.25, 0.3) is 10.1 Å². The van der Waals surface area contributed by atoms with Crippen LogP contribution in [0.5, 0.6) is 0 Å². The fraction of sp³-hybridized carbons (Fsp3) is 0.440. The fourth-order valence-corrected chi connectivity index (χ4v) is 6.46. The SMILES string of the molecule is COC(c1ccc(Cl)cc1Cl)c1sc2ccccc2c1CCN1CCC(N(C)C)CC1. The van der Waals surface area contributed by atoms with E-state index in [0.717, 1.165) is 31.6 Å². The number of benzene rings is 2. The highest BCUT2D eigenvalue weighted by Crippen LogP contribution is 2.42. The first kappa shape index (κ1) is 23.0. The second kappa shape index (κ2) is 10.2. The lowest BCUT2D eigenvalue weighted by Gasteiger charge is -2.35. The van der Waals surface area contributed by atoms with Crippen molar-refractivity contribution in [3.8, 4) is 0 Å². The second-order valence-corrected chi connectivity index (χ2v) is 10.4. The van der Waals surface area contributed by atoms with Gasteiger partial charge in [0.05, 0.1) is 0 Å². The number of thiophene rings is 1. The number of hydrogen-bond donors (Lipinski definition) is 0. The maximum absolute atomic E-state index is 6.57. The summed E-state index contributed by atoms with van der Waals surface area (Å²) in [6, 6.07) is 15.0. The van der Waals surface area contributed by atoms with Crippen LogP contribution in [0.2, 0.25) is 10.0 Å². The van der Waals surface area contributed by atoms with E-state index in [4.69, 9.17) is 27.9 Å². The van der Waals surface area contributed by atoms with Gasteiger partial charge in [-0.25, -0.2) is 0 Å². The first-order valence-electron chi connectivity index (χ1n) is 10.8. The van der Waals surface area contributed by atoms with Crippen molar-refractivity contribution >= 4 is 44.6 Å². The minimum Gasteiger partial charge on any atom is -0.371 e. The molecular formula is C25H30Cl2N2OS. The van der Waals surface area contributed by atoms with E-state index in [1.165, 1.54) is 33.4 Å². The molecule has 0 saturated carbocycles. The molecule has 0 aliphatic carbocycles. The first-order valence-corrected chi connectivity index (χ1v) is 12.4. The first-order chi connectivity index (χ1) is 15.0. The van der Waals surface area contributed by atoms with Crippen molar-refractivity contribution in [1.82, 2.24) is 9.80 Å². The molecule has 0 radical (unpaired) electrons. The zero-order valence-corrected chi connectivity index (χ0v) is 20.7. The molecule has 1 aliphatic heterocycles. The highest BCUT2D eigenvalue weighted by Gasteiger charge is 2.25. The number of rotatable bonds is 7. The average Bonchev–Trinajstić information content (AvgIpc) is 3.12. The van der Waals surface area contributed by atoms with Crippen LogP contribution in [0, 0.1) is 0 Å². The van der Waals surface area contributed by atoms with Gasteiger partial charge in [-0.15, -0.1) is 11.3 Å². The van der Waals surface area contributed by atoms with Gasteiger partial charge in [-0.3, -0.25) is 0 Å². The van der Waals surface area contributed by atoms with Gasteiger partial charge in [0.1, 0.15) is 6.10 Å². The Labute approximate surface area is 199 Å². The Hall–Kier alpha value is -1.14. The van der Waals surface area contributed by atoms with E-state index in [2.05, 4.69) is 48.2 Å². The van der Waals surface area contributed by atoms with E-state index >= 15 is 0 Å². The molecule has 1 saturated heterocycles. The zero-order valence-electron chi connectivity index (χ0n) is 18.4. The van der Waals surface area contributed by atoms with Crippen LogP contribution in [-0.2, 0) is 11.2 Å². The quantitative estimate of drug-likeness (QED) is 0.386. The maximum atomic E-state index is 6.57. The minimum absolute atomic E-state index is 0.198. The largest absolute Gasteiger partial charge is 0.371 e. The minimum atomic E-state index is -0.198. The molecule has 0 bridgehead atoms. The van der Waals surface area contributed by atoms with Crippen LogP contribution in [0.1, 0.15) is 34.9 Å². The van der Waals surface area contributed by atoms with Crippen LogP contribution >= 0.6 is 34.5 Å². The number of likely N-dealkylation sites (tertiary alicyclic amines) is 1. The third-order valence-corrected chi connectivity index (χ3v) is 8.23. The molecular weight excluding hydrogens is 447 g/mol. The average molecular weight is 478 g/mol. The van der Waals surface area contributed by atoms with Gasteiger partial charge in [0.2, 0.25) is 0 Å². The molecule has 2 aromatic carbocycles. The van der Waals surface area contributed by atoms with Crippen LogP contribution in [0.3, 0.4) is 0 Å². The lowest BCUT2D eigenvalue weighted by molar-refractivity contribution is 0.137. The van der Waals surface area contributed by atoms with E-state index in [1.54, 1.807) is 13.2 Å². The summed E-state index contributed by atoms with van der Waals surface area (Å²) < 4.78 is 7.31. The molecule has 166 valence electrons. The number of halogens is 2. The lowest BCUT2D eigenvalue weighted by atomic mass is 9.99. The van der Waals surface area contributed by atoms with E-state index in [0.29, 0.717) is 16.1 Å². The zero-order chi connectivity index (χ0) is 22.0. The summed E-state index contributed by atoms with van der Waals surface area (Å²) in [7, 11) is 6.14. The van der Waals surface area contributed by atoms with Crippen molar-refractivity contribution in [2.24, 2.45) is 0 Å². The van der Waals surface area contributed by atoms with Crippen molar-refractivity contribution in [1.29, 1.82) is 0 Å². The summed E-state index contributed by atoms with van der Waals surface area (Å²) in [6.07, 6.45) is 3.30. The molecule has 1 unspecified atom stereocenters. The van der Waals surface area contributed by atoms with Crippen LogP contribution < -0.4 is 0 Å². The maximum Gasteiger partial charge on any atom is 0.118 e. The summed E-state index contributed by atoms with van der Waals surface area (Å²) in [5, 5.41) is 2.62. The Kier molecular flexibility index (Phi) is 7.58. The Morgan fingerprint density at radius 1 is 1.13 bits per heavy atom. The van der Waals surface area contributed by atoms with Gasteiger partial charge in [-0.05, 0) is 75.6 Å². The monoisotopic (exact) mass is 476 g/mol. The van der Waals surface area contributed by atoms with Crippen LogP contribution in [-0.4, -0.2) is 56.7 Å². The van der Waals surface area contributed by atoms with E-state index in [1.807, 2.05) is 23.5 Å². The summed E-state index contributed by atoms with van der Waals surface area (Å²) in [5.74, 6) is 0. The molecule has 3 nitrogen and oxygen atoms in total. The Morgan fingerprint density at radius 2 is 1.87 bits per heavy atom. The van der Waals surface area contributed by atoms with Crippen molar-refractivity contribution in [3.63, 3.8) is 0 Å². The van der Waals surface area contributed by atoms with Crippen molar-refractivity contribution in [2.75, 3.05) is 40.8 Å². The van der Waals surface area contributed by atoms with Gasteiger partial charge >= 0.3 is 0 Å². The van der Waals surface area contributed by atoms with E-state index in [9.17, 15) is 0 Å². The molecule has 6 heteroatoms. The molecule has 0 spiro atoms. The summed E-state index contributed by atoms with van der Waals surface area (Å²) in [4.78, 5) is 6.21. The number of nitrogens with zero attached hydrogens (tertiary/aromatic N) is 2. The predicted octanol–water partition coefficient (Wildman–Crippen LogP) is 6.51. The fourth-order valence-electron chi connectivity index (χ4n) is 4.61. The molecule has 0 N–H and O–H groups in total. The van der Waals surface area contributed by atoms with Crippen molar-refractivity contribution in [2.45, 2.75) is 31.4 Å². The lowest BCUT2D eigenvalue weighted by Crippen LogP contribution is -2.42. The van der Waals surface area contributed by atoms with Crippen molar-refractivity contribution < 1.29 is 4.74 Å². The topological polar surface area (TPSA) is 15.7 Å². The molecule has 0 amide bonds. The van der Waals surface area contributed by atoms with Crippen LogP contribution in [0.4, 0.5) is 0 Å². The summed E-state index contributed by atoms with van der Waals surface area (Å²) in [5.41, 5.74) is 2.35. The highest BCUT2D eigenvalue weighted by atomic mass is 35.5. The molecule has 3 aromatic rings. The third kappa shape index (κ3) is 5.11. The molecule has 31 heavy (non-hydrogen) atoms. The number of ether oxygens (including phenoxy) is 1. The second-order valence-electron chi connectivity index (χ2n) is 8.51. The molecule has 2 heterocycles. The van der Waals surface area contributed by atoms with Gasteiger partial charge in [-0.1, -0.05) is 47.5 Å². The molecule has 1 fully saturated rings. The Bertz CT molecular complexity index is 1030. The van der Waals surface area contributed by atoms with Crippen molar-refractivity contribution in [3.05, 3.63) is 68.5 Å². The third-order valence-electron chi connectivity index (χ3n) is 6.41. The summed E-state index contributed by atoms with van der Waals surface area (Å²) >= 11 is 14.5. The Balaban J connectivity index is 1.61.